The molecule has 2 atom stereocenters. The molecule has 0 saturated heterocycles. The van der Waals surface area contributed by atoms with Gasteiger partial charge in [0.05, 0.1) is 0 Å². The molecule has 0 spiro atoms. The summed E-state index contributed by atoms with van der Waals surface area (Å²) in [6.45, 7) is 7.20. The standard InChI is InChI=1S/C12H25NO/c1-3-13-12-9-5-7-11(12)8-6-10-14-4-2/h11-13H,3-10H2,1-2H3. The van der Waals surface area contributed by atoms with E-state index in [4.69, 9.17) is 4.74 Å². The molecule has 1 fully saturated rings. The van der Waals surface area contributed by atoms with Gasteiger partial charge in [-0.1, -0.05) is 13.3 Å². The van der Waals surface area contributed by atoms with Gasteiger partial charge in [-0.05, 0) is 45.1 Å². The summed E-state index contributed by atoms with van der Waals surface area (Å²) in [5.41, 5.74) is 0. The van der Waals surface area contributed by atoms with Crippen molar-refractivity contribution in [1.82, 2.24) is 5.32 Å². The van der Waals surface area contributed by atoms with Crippen molar-refractivity contribution < 1.29 is 4.74 Å². The molecule has 2 heteroatoms. The number of hydrogen-bond donors (Lipinski definition) is 1. The summed E-state index contributed by atoms with van der Waals surface area (Å²) >= 11 is 0. The van der Waals surface area contributed by atoms with E-state index in [9.17, 15) is 0 Å². The van der Waals surface area contributed by atoms with Gasteiger partial charge in [0, 0.05) is 19.3 Å². The molecule has 0 radical (unpaired) electrons. The van der Waals surface area contributed by atoms with Crippen LogP contribution < -0.4 is 5.32 Å². The second kappa shape index (κ2) is 7.24. The number of nitrogens with one attached hydrogen (secondary N) is 1. The minimum atomic E-state index is 0.793. The Balaban J connectivity index is 2.09. The average Bonchev–Trinajstić information content (AvgIpc) is 2.61. The lowest BCUT2D eigenvalue weighted by Gasteiger charge is -2.20. The van der Waals surface area contributed by atoms with Gasteiger partial charge in [-0.3, -0.25) is 0 Å². The maximum absolute atomic E-state index is 5.37. The van der Waals surface area contributed by atoms with Crippen LogP contribution in [0.5, 0.6) is 0 Å². The fourth-order valence-corrected chi connectivity index (χ4v) is 2.51. The Morgan fingerprint density at radius 3 is 2.86 bits per heavy atom. The van der Waals surface area contributed by atoms with E-state index >= 15 is 0 Å². The first-order valence-corrected chi connectivity index (χ1v) is 6.19. The molecule has 1 N–H and O–H groups in total. The minimum Gasteiger partial charge on any atom is -0.382 e. The van der Waals surface area contributed by atoms with Gasteiger partial charge < -0.3 is 10.1 Å². The summed E-state index contributed by atoms with van der Waals surface area (Å²) in [6.07, 6.45) is 6.80. The van der Waals surface area contributed by atoms with Crippen LogP contribution in [0, 0.1) is 5.92 Å². The van der Waals surface area contributed by atoms with E-state index in [1.165, 1.54) is 32.1 Å². The normalized spacial score (nSPS) is 27.0. The van der Waals surface area contributed by atoms with E-state index in [-0.39, 0.29) is 0 Å². The molecule has 0 aliphatic heterocycles. The van der Waals surface area contributed by atoms with Crippen LogP contribution in [0.1, 0.15) is 46.0 Å². The Morgan fingerprint density at radius 1 is 1.29 bits per heavy atom. The number of ether oxygens (including phenoxy) is 1. The number of rotatable bonds is 7. The van der Waals surface area contributed by atoms with Crippen molar-refractivity contribution in [1.29, 1.82) is 0 Å². The van der Waals surface area contributed by atoms with E-state index in [2.05, 4.69) is 19.2 Å². The smallest absolute Gasteiger partial charge is 0.0466 e. The predicted octanol–water partition coefficient (Wildman–Crippen LogP) is 2.58. The zero-order chi connectivity index (χ0) is 10.2. The van der Waals surface area contributed by atoms with Gasteiger partial charge in [0.15, 0.2) is 0 Å². The lowest BCUT2D eigenvalue weighted by atomic mass is 9.98. The van der Waals surface area contributed by atoms with Crippen molar-refractivity contribution in [2.75, 3.05) is 19.8 Å². The highest BCUT2D eigenvalue weighted by Gasteiger charge is 2.25. The minimum absolute atomic E-state index is 0.793. The van der Waals surface area contributed by atoms with Gasteiger partial charge in [0.1, 0.15) is 0 Å². The third-order valence-corrected chi connectivity index (χ3v) is 3.19. The Labute approximate surface area is 88.4 Å². The van der Waals surface area contributed by atoms with Crippen LogP contribution in [0.25, 0.3) is 0 Å². The molecule has 1 rings (SSSR count). The van der Waals surface area contributed by atoms with E-state index in [1.807, 2.05) is 0 Å². The van der Waals surface area contributed by atoms with Crippen LogP contribution in [0.15, 0.2) is 0 Å². The lowest BCUT2D eigenvalue weighted by molar-refractivity contribution is 0.138. The zero-order valence-corrected chi connectivity index (χ0v) is 9.72. The molecule has 1 aliphatic carbocycles. The SMILES string of the molecule is CCNC1CCCC1CCCOCC. The van der Waals surface area contributed by atoms with E-state index < -0.39 is 0 Å². The highest BCUT2D eigenvalue weighted by atomic mass is 16.5. The summed E-state index contributed by atoms with van der Waals surface area (Å²) in [7, 11) is 0. The Bertz CT molecular complexity index is 138. The second-order valence-corrected chi connectivity index (χ2v) is 4.19. The Hall–Kier alpha value is -0.0800. The van der Waals surface area contributed by atoms with Gasteiger partial charge in [-0.25, -0.2) is 0 Å². The maximum Gasteiger partial charge on any atom is 0.0466 e. The largest absolute Gasteiger partial charge is 0.382 e. The van der Waals surface area contributed by atoms with Crippen molar-refractivity contribution in [3.63, 3.8) is 0 Å². The monoisotopic (exact) mass is 199 g/mol. The third-order valence-electron chi connectivity index (χ3n) is 3.19. The summed E-state index contributed by atoms with van der Waals surface area (Å²) < 4.78 is 5.37. The molecule has 0 heterocycles. The number of hydrogen-bond acceptors (Lipinski definition) is 2. The van der Waals surface area contributed by atoms with Crippen molar-refractivity contribution >= 4 is 0 Å². The molecule has 0 aromatic rings. The van der Waals surface area contributed by atoms with E-state index in [0.29, 0.717) is 0 Å². The Kier molecular flexibility index (Phi) is 6.20. The molecular formula is C12H25NO. The van der Waals surface area contributed by atoms with Crippen molar-refractivity contribution in [2.24, 2.45) is 5.92 Å². The van der Waals surface area contributed by atoms with E-state index in [1.54, 1.807) is 0 Å². The van der Waals surface area contributed by atoms with Gasteiger partial charge in [-0.15, -0.1) is 0 Å². The van der Waals surface area contributed by atoms with E-state index in [0.717, 1.165) is 31.7 Å². The summed E-state index contributed by atoms with van der Waals surface area (Å²) in [4.78, 5) is 0. The molecule has 1 aliphatic rings. The fourth-order valence-electron chi connectivity index (χ4n) is 2.51. The fraction of sp³-hybridized carbons (Fsp3) is 1.00. The van der Waals surface area contributed by atoms with Gasteiger partial charge in [0.2, 0.25) is 0 Å². The van der Waals surface area contributed by atoms with Crippen molar-refractivity contribution in [2.45, 2.75) is 52.0 Å². The van der Waals surface area contributed by atoms with Crippen LogP contribution in [-0.4, -0.2) is 25.8 Å². The molecular weight excluding hydrogens is 174 g/mol. The van der Waals surface area contributed by atoms with Crippen LogP contribution in [0.4, 0.5) is 0 Å². The van der Waals surface area contributed by atoms with Gasteiger partial charge in [0.25, 0.3) is 0 Å². The molecule has 2 unspecified atom stereocenters. The Morgan fingerprint density at radius 2 is 2.14 bits per heavy atom. The molecule has 2 nitrogen and oxygen atoms in total. The van der Waals surface area contributed by atoms with Gasteiger partial charge >= 0.3 is 0 Å². The highest BCUT2D eigenvalue weighted by Crippen LogP contribution is 2.29. The molecule has 0 aromatic heterocycles. The summed E-state index contributed by atoms with van der Waals surface area (Å²) in [5, 5.41) is 3.59. The predicted molar refractivity (Wildman–Crippen MR) is 60.5 cm³/mol. The molecule has 84 valence electrons. The summed E-state index contributed by atoms with van der Waals surface area (Å²) in [6, 6.07) is 0.793. The van der Waals surface area contributed by atoms with Crippen molar-refractivity contribution in [3.05, 3.63) is 0 Å². The molecule has 0 bridgehead atoms. The first-order chi connectivity index (χ1) is 6.88. The van der Waals surface area contributed by atoms with Crippen molar-refractivity contribution in [3.8, 4) is 0 Å². The zero-order valence-electron chi connectivity index (χ0n) is 9.72. The molecule has 1 saturated carbocycles. The maximum atomic E-state index is 5.37. The van der Waals surface area contributed by atoms with Crippen LogP contribution in [0.3, 0.4) is 0 Å². The van der Waals surface area contributed by atoms with Crippen LogP contribution >= 0.6 is 0 Å². The molecule has 0 aromatic carbocycles. The summed E-state index contributed by atoms with van der Waals surface area (Å²) in [5.74, 6) is 0.912. The van der Waals surface area contributed by atoms with Gasteiger partial charge in [-0.2, -0.15) is 0 Å². The second-order valence-electron chi connectivity index (χ2n) is 4.19. The average molecular weight is 199 g/mol. The first-order valence-electron chi connectivity index (χ1n) is 6.19. The third kappa shape index (κ3) is 3.97. The lowest BCUT2D eigenvalue weighted by Crippen LogP contribution is -2.32. The van der Waals surface area contributed by atoms with Crippen LogP contribution in [0.2, 0.25) is 0 Å². The van der Waals surface area contributed by atoms with Crippen LogP contribution in [-0.2, 0) is 4.74 Å². The molecule has 0 amide bonds. The first kappa shape index (κ1) is 12.0. The highest BCUT2D eigenvalue weighted by molar-refractivity contribution is 4.82. The quantitative estimate of drug-likeness (QED) is 0.636. The molecule has 14 heavy (non-hydrogen) atoms. The topological polar surface area (TPSA) is 21.3 Å².